The first kappa shape index (κ1) is 17.5. The van der Waals surface area contributed by atoms with Crippen LogP contribution < -0.4 is 4.90 Å². The average molecular weight is 372 g/mol. The summed E-state index contributed by atoms with van der Waals surface area (Å²) in [5.74, 6) is 1.03. The molecule has 4 rings (SSSR count). The zero-order valence-corrected chi connectivity index (χ0v) is 15.8. The number of hydrogen-bond acceptors (Lipinski definition) is 5. The van der Waals surface area contributed by atoms with E-state index in [4.69, 9.17) is 0 Å². The number of rotatable bonds is 4. The van der Waals surface area contributed by atoms with Crippen LogP contribution in [0.15, 0.2) is 47.4 Å². The van der Waals surface area contributed by atoms with Crippen LogP contribution in [0.4, 0.5) is 5.82 Å². The zero-order valence-electron chi connectivity index (χ0n) is 15.0. The predicted octanol–water partition coefficient (Wildman–Crippen LogP) is 1.72. The van der Waals surface area contributed by atoms with Gasteiger partial charge in [-0.15, -0.1) is 0 Å². The van der Waals surface area contributed by atoms with Gasteiger partial charge in [0.2, 0.25) is 10.0 Å². The van der Waals surface area contributed by atoms with E-state index in [1.54, 1.807) is 16.4 Å². The van der Waals surface area contributed by atoms with Crippen LogP contribution in [0.2, 0.25) is 0 Å². The van der Waals surface area contributed by atoms with Gasteiger partial charge >= 0.3 is 0 Å². The third kappa shape index (κ3) is 3.34. The standard InChI is InChI=1S/C19H24N4O2S/c1-16-5-4-8-19(20-16)22-12-9-21(10-13-22)11-14-23-15-17-6-2-3-7-18(17)26(23,24)25/h2-8H,9-15H2,1H3. The summed E-state index contributed by atoms with van der Waals surface area (Å²) in [6.07, 6.45) is 0. The molecule has 1 aromatic heterocycles. The number of hydrogen-bond donors (Lipinski definition) is 0. The normalized spacial score (nSPS) is 20.3. The second kappa shape index (κ2) is 6.98. The number of pyridine rings is 1. The topological polar surface area (TPSA) is 56.8 Å². The molecular formula is C19H24N4O2S. The van der Waals surface area contributed by atoms with Gasteiger partial charge in [0.25, 0.3) is 0 Å². The van der Waals surface area contributed by atoms with Crippen molar-refractivity contribution in [3.8, 4) is 0 Å². The lowest BCUT2D eigenvalue weighted by molar-refractivity contribution is 0.236. The van der Waals surface area contributed by atoms with E-state index in [2.05, 4.69) is 20.9 Å². The number of benzene rings is 1. The Morgan fingerprint density at radius 3 is 2.46 bits per heavy atom. The van der Waals surface area contributed by atoms with Crippen molar-refractivity contribution < 1.29 is 8.42 Å². The molecule has 2 aromatic rings. The SMILES string of the molecule is Cc1cccc(N2CCN(CCN3Cc4ccccc4S3(=O)=O)CC2)n1. The van der Waals surface area contributed by atoms with Gasteiger partial charge < -0.3 is 4.90 Å². The Labute approximate surface area is 155 Å². The third-order valence-electron chi connectivity index (χ3n) is 5.17. The van der Waals surface area contributed by atoms with Gasteiger partial charge in [0.05, 0.1) is 4.90 Å². The van der Waals surface area contributed by atoms with E-state index >= 15 is 0 Å². The first-order valence-corrected chi connectivity index (χ1v) is 10.5. The lowest BCUT2D eigenvalue weighted by atomic mass is 10.2. The van der Waals surface area contributed by atoms with Crippen molar-refractivity contribution in [1.82, 2.24) is 14.2 Å². The summed E-state index contributed by atoms with van der Waals surface area (Å²) in [4.78, 5) is 9.70. The third-order valence-corrected chi connectivity index (χ3v) is 7.12. The average Bonchev–Trinajstić information content (AvgIpc) is 2.91. The molecule has 1 fully saturated rings. The minimum atomic E-state index is -3.32. The molecule has 0 saturated carbocycles. The zero-order chi connectivity index (χ0) is 18.1. The minimum absolute atomic E-state index is 0.468. The molecule has 6 nitrogen and oxygen atoms in total. The maximum Gasteiger partial charge on any atom is 0.243 e. The number of fused-ring (bicyclic) bond motifs is 1. The van der Waals surface area contributed by atoms with Crippen LogP contribution >= 0.6 is 0 Å². The smallest absolute Gasteiger partial charge is 0.243 e. The summed E-state index contributed by atoms with van der Waals surface area (Å²) in [5, 5.41) is 0. The van der Waals surface area contributed by atoms with Gasteiger partial charge in [-0.3, -0.25) is 4.90 Å². The van der Waals surface area contributed by atoms with Gasteiger partial charge in [-0.2, -0.15) is 4.31 Å². The van der Waals surface area contributed by atoms with Crippen molar-refractivity contribution in [1.29, 1.82) is 0 Å². The van der Waals surface area contributed by atoms with E-state index < -0.39 is 10.0 Å². The van der Waals surface area contributed by atoms with Gasteiger partial charge in [-0.25, -0.2) is 13.4 Å². The Morgan fingerprint density at radius 1 is 0.962 bits per heavy atom. The van der Waals surface area contributed by atoms with E-state index in [9.17, 15) is 8.42 Å². The fourth-order valence-electron chi connectivity index (χ4n) is 3.66. The molecule has 26 heavy (non-hydrogen) atoms. The quantitative estimate of drug-likeness (QED) is 0.818. The number of aryl methyl sites for hydroxylation is 1. The lowest BCUT2D eigenvalue weighted by Gasteiger charge is -2.36. The van der Waals surface area contributed by atoms with Crippen molar-refractivity contribution in [3.63, 3.8) is 0 Å². The Kier molecular flexibility index (Phi) is 4.69. The van der Waals surface area contributed by atoms with E-state index in [1.165, 1.54) is 0 Å². The highest BCUT2D eigenvalue weighted by Crippen LogP contribution is 2.29. The van der Waals surface area contributed by atoms with E-state index in [0.717, 1.165) is 49.8 Å². The highest BCUT2D eigenvalue weighted by molar-refractivity contribution is 7.89. The van der Waals surface area contributed by atoms with Crippen LogP contribution in [0.5, 0.6) is 0 Å². The Hall–Kier alpha value is -1.96. The monoisotopic (exact) mass is 372 g/mol. The summed E-state index contributed by atoms with van der Waals surface area (Å²) in [6, 6.07) is 13.4. The molecule has 7 heteroatoms. The summed E-state index contributed by atoms with van der Waals surface area (Å²) >= 11 is 0. The van der Waals surface area contributed by atoms with Crippen molar-refractivity contribution >= 4 is 15.8 Å². The highest BCUT2D eigenvalue weighted by atomic mass is 32.2. The molecule has 2 aliphatic rings. The van der Waals surface area contributed by atoms with Gasteiger partial charge in [-0.05, 0) is 30.7 Å². The second-order valence-corrected chi connectivity index (χ2v) is 8.82. The lowest BCUT2D eigenvalue weighted by Crippen LogP contribution is -2.48. The van der Waals surface area contributed by atoms with Crippen LogP contribution in [0.1, 0.15) is 11.3 Å². The predicted molar refractivity (Wildman–Crippen MR) is 102 cm³/mol. The van der Waals surface area contributed by atoms with E-state index in [1.807, 2.05) is 31.2 Å². The summed E-state index contributed by atoms with van der Waals surface area (Å²) < 4.78 is 26.8. The largest absolute Gasteiger partial charge is 0.354 e. The molecule has 1 aromatic carbocycles. The maximum atomic E-state index is 12.6. The van der Waals surface area contributed by atoms with E-state index in [0.29, 0.717) is 18.0 Å². The fourth-order valence-corrected chi connectivity index (χ4v) is 5.28. The molecule has 0 unspecified atom stereocenters. The van der Waals surface area contributed by atoms with Crippen LogP contribution in [-0.2, 0) is 16.6 Å². The Balaban J connectivity index is 1.32. The van der Waals surface area contributed by atoms with Crippen LogP contribution in [0.25, 0.3) is 0 Å². The minimum Gasteiger partial charge on any atom is -0.354 e. The number of sulfonamides is 1. The Bertz CT molecular complexity index is 892. The Morgan fingerprint density at radius 2 is 1.73 bits per heavy atom. The number of piperazine rings is 1. The summed E-state index contributed by atoms with van der Waals surface area (Å²) in [6.45, 7) is 7.50. The number of nitrogens with zero attached hydrogens (tertiary/aromatic N) is 4. The maximum absolute atomic E-state index is 12.6. The van der Waals surface area contributed by atoms with Crippen molar-refractivity contribution in [2.24, 2.45) is 0 Å². The molecule has 0 amide bonds. The van der Waals surface area contributed by atoms with Crippen molar-refractivity contribution in [2.75, 3.05) is 44.2 Å². The van der Waals surface area contributed by atoms with Crippen LogP contribution in [0, 0.1) is 6.92 Å². The van der Waals surface area contributed by atoms with Crippen molar-refractivity contribution in [3.05, 3.63) is 53.7 Å². The van der Waals surface area contributed by atoms with Gasteiger partial charge in [0.1, 0.15) is 5.82 Å². The molecule has 0 radical (unpaired) electrons. The molecule has 0 N–H and O–H groups in total. The van der Waals surface area contributed by atoms with E-state index in [-0.39, 0.29) is 0 Å². The highest BCUT2D eigenvalue weighted by Gasteiger charge is 2.34. The first-order chi connectivity index (χ1) is 12.5. The molecular weight excluding hydrogens is 348 g/mol. The number of anilines is 1. The van der Waals surface area contributed by atoms with Crippen LogP contribution in [-0.4, -0.2) is 61.9 Å². The number of aromatic nitrogens is 1. The van der Waals surface area contributed by atoms with Gasteiger partial charge in [0.15, 0.2) is 0 Å². The second-order valence-electron chi connectivity index (χ2n) is 6.91. The summed E-state index contributed by atoms with van der Waals surface area (Å²) in [7, 11) is -3.32. The summed E-state index contributed by atoms with van der Waals surface area (Å²) in [5.41, 5.74) is 1.94. The van der Waals surface area contributed by atoms with Gasteiger partial charge in [-0.1, -0.05) is 24.3 Å². The molecule has 2 aliphatic heterocycles. The molecule has 0 bridgehead atoms. The van der Waals surface area contributed by atoms with Crippen LogP contribution in [0.3, 0.4) is 0 Å². The molecule has 0 spiro atoms. The first-order valence-electron chi connectivity index (χ1n) is 9.03. The fraction of sp³-hybridized carbons (Fsp3) is 0.421. The molecule has 138 valence electrons. The van der Waals surface area contributed by atoms with Gasteiger partial charge in [0, 0.05) is 51.5 Å². The molecule has 0 aliphatic carbocycles. The molecule has 1 saturated heterocycles. The molecule has 3 heterocycles. The molecule has 0 atom stereocenters. The van der Waals surface area contributed by atoms with Crippen molar-refractivity contribution in [2.45, 2.75) is 18.4 Å².